The maximum absolute atomic E-state index is 5.40. The van der Waals surface area contributed by atoms with Crippen LogP contribution in [-0.4, -0.2) is 28.2 Å². The number of alkyl halides is 1. The van der Waals surface area contributed by atoms with Gasteiger partial charge in [0.15, 0.2) is 5.82 Å². The molecular formula is C13H22IN3O. The second kappa shape index (κ2) is 5.86. The van der Waals surface area contributed by atoms with Crippen molar-refractivity contribution in [2.45, 2.75) is 44.4 Å². The number of piperidine rings is 1. The third-order valence-corrected chi connectivity index (χ3v) is 4.12. The molecule has 0 unspecified atom stereocenters. The molecule has 1 N–H and O–H groups in total. The maximum Gasteiger partial charge on any atom is 0.230 e. The van der Waals surface area contributed by atoms with Crippen LogP contribution in [0.5, 0.6) is 0 Å². The van der Waals surface area contributed by atoms with E-state index in [0.717, 1.165) is 43.6 Å². The molecule has 1 aliphatic heterocycles. The van der Waals surface area contributed by atoms with Crippen LogP contribution in [0.4, 0.5) is 0 Å². The largest absolute Gasteiger partial charge is 0.339 e. The van der Waals surface area contributed by atoms with Crippen molar-refractivity contribution in [2.24, 2.45) is 5.92 Å². The zero-order valence-electron chi connectivity index (χ0n) is 11.4. The second-order valence-corrected chi connectivity index (χ2v) is 5.59. The molecule has 0 radical (unpaired) electrons. The highest BCUT2D eigenvalue weighted by atomic mass is 127. The van der Waals surface area contributed by atoms with Crippen LogP contribution in [-0.2, 0) is 5.41 Å². The number of nitrogens with one attached hydrogen (secondary N) is 1. The summed E-state index contributed by atoms with van der Waals surface area (Å²) in [5, 5.41) is 7.57. The van der Waals surface area contributed by atoms with Gasteiger partial charge < -0.3 is 9.84 Å². The zero-order chi connectivity index (χ0) is 13.2. The average molecular weight is 363 g/mol. The molecule has 0 amide bonds. The van der Waals surface area contributed by atoms with Crippen LogP contribution < -0.4 is 5.32 Å². The van der Waals surface area contributed by atoms with E-state index in [1.54, 1.807) is 0 Å². The third kappa shape index (κ3) is 2.87. The molecule has 0 aromatic carbocycles. The van der Waals surface area contributed by atoms with Crippen LogP contribution in [0.15, 0.2) is 4.52 Å². The number of aromatic nitrogens is 2. The minimum atomic E-state index is 0.116. The molecule has 1 aromatic rings. The molecule has 2 heterocycles. The molecule has 5 heteroatoms. The first-order valence-corrected chi connectivity index (χ1v) is 8.77. The molecule has 1 saturated carbocycles. The summed E-state index contributed by atoms with van der Waals surface area (Å²) in [6.07, 6.45) is 3.41. The standard InChI is InChI=1S/C12H19N3O.CH3I/c1-8-7-9(8)10-14-11(15-16-10)12(2)3-5-13-6-4-12;1-2/h8-9,13H,3-7H2,1-2H3;1H3/t8-,9+;/m0./s1. The van der Waals surface area contributed by atoms with Gasteiger partial charge in [0.1, 0.15) is 0 Å². The Hall–Kier alpha value is -0.170. The Labute approximate surface area is 122 Å². The van der Waals surface area contributed by atoms with Crippen molar-refractivity contribution < 1.29 is 4.52 Å². The molecule has 0 bridgehead atoms. The van der Waals surface area contributed by atoms with Gasteiger partial charge in [-0.3, -0.25) is 0 Å². The summed E-state index contributed by atoms with van der Waals surface area (Å²) in [6.45, 7) is 6.60. The lowest BCUT2D eigenvalue weighted by atomic mass is 9.80. The molecule has 18 heavy (non-hydrogen) atoms. The van der Waals surface area contributed by atoms with E-state index in [-0.39, 0.29) is 5.41 Å². The van der Waals surface area contributed by atoms with Gasteiger partial charge in [-0.25, -0.2) is 0 Å². The molecule has 1 saturated heterocycles. The SMILES string of the molecule is CI.C[C@H]1C[C@H]1c1nc(C2(C)CCNCC2)no1. The van der Waals surface area contributed by atoms with Crippen LogP contribution >= 0.6 is 22.6 Å². The lowest BCUT2D eigenvalue weighted by molar-refractivity contribution is 0.299. The van der Waals surface area contributed by atoms with E-state index in [0.29, 0.717) is 5.92 Å². The van der Waals surface area contributed by atoms with Gasteiger partial charge in [-0.2, -0.15) is 4.98 Å². The fraction of sp³-hybridized carbons (Fsp3) is 0.846. The fourth-order valence-corrected chi connectivity index (χ4v) is 2.50. The van der Waals surface area contributed by atoms with Crippen LogP contribution in [0.1, 0.15) is 50.7 Å². The highest BCUT2D eigenvalue weighted by molar-refractivity contribution is 14.1. The van der Waals surface area contributed by atoms with Crippen LogP contribution in [0.3, 0.4) is 0 Å². The van der Waals surface area contributed by atoms with E-state index in [4.69, 9.17) is 4.52 Å². The zero-order valence-corrected chi connectivity index (χ0v) is 13.5. The fourth-order valence-electron chi connectivity index (χ4n) is 2.50. The van der Waals surface area contributed by atoms with Gasteiger partial charge in [-0.05, 0) is 43.2 Å². The summed E-state index contributed by atoms with van der Waals surface area (Å²) >= 11 is 2.15. The molecule has 2 aliphatic rings. The van der Waals surface area contributed by atoms with Gasteiger partial charge in [-0.1, -0.05) is 41.6 Å². The molecule has 0 spiro atoms. The first-order chi connectivity index (χ1) is 8.69. The minimum absolute atomic E-state index is 0.116. The topological polar surface area (TPSA) is 51.0 Å². The molecule has 1 aliphatic carbocycles. The van der Waals surface area contributed by atoms with Gasteiger partial charge in [0.25, 0.3) is 0 Å². The highest BCUT2D eigenvalue weighted by Gasteiger charge is 2.41. The monoisotopic (exact) mass is 363 g/mol. The Balaban J connectivity index is 0.000000574. The molecule has 4 nitrogen and oxygen atoms in total. The second-order valence-electron chi connectivity index (χ2n) is 5.59. The number of halogens is 1. The number of nitrogens with zero attached hydrogens (tertiary/aromatic N) is 2. The van der Waals surface area contributed by atoms with Crippen molar-refractivity contribution in [1.29, 1.82) is 0 Å². The van der Waals surface area contributed by atoms with Gasteiger partial charge in [-0.15, -0.1) is 0 Å². The molecule has 102 valence electrons. The Morgan fingerprint density at radius 3 is 2.50 bits per heavy atom. The summed E-state index contributed by atoms with van der Waals surface area (Å²) in [6, 6.07) is 0. The quantitative estimate of drug-likeness (QED) is 0.649. The summed E-state index contributed by atoms with van der Waals surface area (Å²) < 4.78 is 5.40. The predicted molar refractivity (Wildman–Crippen MR) is 80.2 cm³/mol. The van der Waals surface area contributed by atoms with E-state index < -0.39 is 0 Å². The van der Waals surface area contributed by atoms with E-state index in [2.05, 4.69) is 51.9 Å². The van der Waals surface area contributed by atoms with Crippen molar-refractivity contribution in [3.8, 4) is 0 Å². The summed E-state index contributed by atoms with van der Waals surface area (Å²) in [4.78, 5) is 6.58. The molecule has 2 fully saturated rings. The smallest absolute Gasteiger partial charge is 0.230 e. The maximum atomic E-state index is 5.40. The Morgan fingerprint density at radius 1 is 1.33 bits per heavy atom. The Bertz CT molecular complexity index is 387. The average Bonchev–Trinajstić information content (AvgIpc) is 2.94. The van der Waals surface area contributed by atoms with Gasteiger partial charge in [0.05, 0.1) is 0 Å². The van der Waals surface area contributed by atoms with Crippen LogP contribution in [0.2, 0.25) is 0 Å². The van der Waals surface area contributed by atoms with Crippen molar-refractivity contribution in [3.05, 3.63) is 11.7 Å². The number of hydrogen-bond acceptors (Lipinski definition) is 4. The molecule has 2 atom stereocenters. The summed E-state index contributed by atoms with van der Waals surface area (Å²) in [5.41, 5.74) is 0.116. The van der Waals surface area contributed by atoms with E-state index in [1.165, 1.54) is 6.42 Å². The van der Waals surface area contributed by atoms with Crippen LogP contribution in [0.25, 0.3) is 0 Å². The first kappa shape index (κ1) is 14.2. The first-order valence-electron chi connectivity index (χ1n) is 6.62. The van der Waals surface area contributed by atoms with Crippen molar-refractivity contribution in [1.82, 2.24) is 15.5 Å². The molecule has 3 rings (SSSR count). The Kier molecular flexibility index (Phi) is 4.64. The Morgan fingerprint density at radius 2 is 1.94 bits per heavy atom. The highest BCUT2D eigenvalue weighted by Crippen LogP contribution is 2.46. The lowest BCUT2D eigenvalue weighted by Crippen LogP contribution is -2.38. The third-order valence-electron chi connectivity index (χ3n) is 4.12. The lowest BCUT2D eigenvalue weighted by Gasteiger charge is -2.30. The van der Waals surface area contributed by atoms with Gasteiger partial charge in [0, 0.05) is 11.3 Å². The molecule has 1 aromatic heterocycles. The van der Waals surface area contributed by atoms with E-state index in [1.807, 2.05) is 4.93 Å². The van der Waals surface area contributed by atoms with Crippen molar-refractivity contribution in [3.63, 3.8) is 0 Å². The van der Waals surface area contributed by atoms with Gasteiger partial charge >= 0.3 is 0 Å². The minimum Gasteiger partial charge on any atom is -0.339 e. The van der Waals surface area contributed by atoms with E-state index in [9.17, 15) is 0 Å². The van der Waals surface area contributed by atoms with E-state index >= 15 is 0 Å². The normalized spacial score (nSPS) is 29.3. The number of rotatable bonds is 2. The van der Waals surface area contributed by atoms with Crippen LogP contribution in [0, 0.1) is 5.92 Å². The van der Waals surface area contributed by atoms with Crippen molar-refractivity contribution in [2.75, 3.05) is 18.0 Å². The van der Waals surface area contributed by atoms with Crippen molar-refractivity contribution >= 4 is 22.6 Å². The predicted octanol–water partition coefficient (Wildman–Crippen LogP) is 2.89. The summed E-state index contributed by atoms with van der Waals surface area (Å²) in [7, 11) is 0. The number of hydrogen-bond donors (Lipinski definition) is 1. The molecular weight excluding hydrogens is 341 g/mol. The summed E-state index contributed by atoms with van der Waals surface area (Å²) in [5.74, 6) is 3.05. The van der Waals surface area contributed by atoms with Gasteiger partial charge in [0.2, 0.25) is 5.89 Å².